The van der Waals surface area contributed by atoms with E-state index < -0.39 is 47.1 Å². The van der Waals surface area contributed by atoms with Crippen molar-refractivity contribution in [3.63, 3.8) is 0 Å². The second kappa shape index (κ2) is 12.6. The number of carboxylic acid groups (broad SMARTS) is 1. The monoisotopic (exact) mass is 693 g/mol. The van der Waals surface area contributed by atoms with E-state index >= 15 is 8.78 Å². The number of aliphatic carboxylic acids is 1. The van der Waals surface area contributed by atoms with Gasteiger partial charge in [-0.2, -0.15) is 21.6 Å². The third-order valence-electron chi connectivity index (χ3n) is 7.95. The minimum absolute atomic E-state index is 0.0878. The summed E-state index contributed by atoms with van der Waals surface area (Å²) in [6.07, 6.45) is 5.91. The first-order valence-electron chi connectivity index (χ1n) is 14.8. The minimum Gasteiger partial charge on any atom is -0.481 e. The maximum Gasteiger partial charge on any atom is 0.534 e. The summed E-state index contributed by atoms with van der Waals surface area (Å²) in [5.74, 6) is -5.73. The molecule has 1 N–H and O–H groups in total. The van der Waals surface area contributed by atoms with E-state index in [1.165, 1.54) is 0 Å². The van der Waals surface area contributed by atoms with Gasteiger partial charge in [0.1, 0.15) is 8.07 Å². The topological polar surface area (TPSA) is 93.0 Å². The molecule has 4 rings (SSSR count). The summed E-state index contributed by atoms with van der Waals surface area (Å²) in [4.78, 5) is 15.9. The predicted octanol–water partition coefficient (Wildman–Crippen LogP) is 7.94. The molecule has 252 valence electrons. The summed E-state index contributed by atoms with van der Waals surface area (Å²) in [6.45, 7) is 13.5. The van der Waals surface area contributed by atoms with Gasteiger partial charge >= 0.3 is 21.6 Å². The van der Waals surface area contributed by atoms with Crippen molar-refractivity contribution in [2.24, 2.45) is 10.4 Å². The molecule has 0 aromatic heterocycles. The molecule has 1 aliphatic heterocycles. The molecule has 1 aliphatic carbocycles. The van der Waals surface area contributed by atoms with E-state index in [2.05, 4.69) is 10.3 Å². The van der Waals surface area contributed by atoms with Crippen molar-refractivity contribution in [1.82, 2.24) is 0 Å². The van der Waals surface area contributed by atoms with Gasteiger partial charge in [-0.05, 0) is 87.7 Å². The van der Waals surface area contributed by atoms with E-state index in [-0.39, 0.29) is 35.6 Å². The van der Waals surface area contributed by atoms with Gasteiger partial charge in [-0.25, -0.2) is 8.78 Å². The van der Waals surface area contributed by atoms with Crippen molar-refractivity contribution in [2.75, 3.05) is 6.54 Å². The molecule has 13 heteroatoms. The van der Waals surface area contributed by atoms with E-state index in [1.807, 2.05) is 46.8 Å². The average molecular weight is 694 g/mol. The number of rotatable bonds is 8. The fourth-order valence-corrected chi connectivity index (χ4v) is 9.62. The summed E-state index contributed by atoms with van der Waals surface area (Å²) in [7, 11) is -9.72. The molecular formula is C34H36F5NO5SSi. The summed E-state index contributed by atoms with van der Waals surface area (Å²) in [5.41, 5.74) is -1.50. The molecule has 0 amide bonds. The second-order valence-electron chi connectivity index (χ2n) is 13.2. The highest BCUT2D eigenvalue weighted by Gasteiger charge is 2.51. The zero-order valence-electron chi connectivity index (χ0n) is 27.1. The first-order chi connectivity index (χ1) is 21.6. The fourth-order valence-electron chi connectivity index (χ4n) is 5.98. The highest BCUT2D eigenvalue weighted by atomic mass is 32.2. The molecule has 2 aliphatic rings. The van der Waals surface area contributed by atoms with Gasteiger partial charge in [0.15, 0.2) is 11.6 Å². The molecule has 0 saturated carbocycles. The van der Waals surface area contributed by atoms with Crippen LogP contribution in [0.2, 0.25) is 13.1 Å². The number of carboxylic acids is 1. The zero-order valence-corrected chi connectivity index (χ0v) is 28.9. The number of carbonyl (C=O) groups is 1. The Morgan fingerprint density at radius 2 is 1.70 bits per heavy atom. The maximum absolute atomic E-state index is 16.5. The lowest BCUT2D eigenvalue weighted by Gasteiger charge is -2.39. The highest BCUT2D eigenvalue weighted by Crippen LogP contribution is 2.46. The summed E-state index contributed by atoms with van der Waals surface area (Å²) in [5, 5.41) is 9.63. The number of benzene rings is 2. The van der Waals surface area contributed by atoms with Crippen LogP contribution in [0.5, 0.6) is 5.75 Å². The first kappa shape index (κ1) is 36.0. The Kier molecular flexibility index (Phi) is 9.68. The Labute approximate surface area is 272 Å². The molecule has 0 spiro atoms. The third kappa shape index (κ3) is 7.20. The quantitative estimate of drug-likeness (QED) is 0.0997. The Balaban J connectivity index is 2.13. The van der Waals surface area contributed by atoms with Gasteiger partial charge in [-0.1, -0.05) is 64.2 Å². The minimum atomic E-state index is -6.38. The normalized spacial score (nSPS) is 17.6. The molecular weight excluding hydrogens is 658 g/mol. The number of halogens is 5. The fraction of sp³-hybridized carbons (Fsp3) is 0.353. The zero-order chi connectivity index (χ0) is 35.3. The van der Waals surface area contributed by atoms with Crippen LogP contribution in [0.15, 0.2) is 75.5 Å². The molecule has 0 saturated heterocycles. The standard InChI is InChI=1S/C34H36F5NO5SSi/c1-19-11-8-9-12-21(19)29-23-15-22(20(2)18-33(3,4)5)26(40-14-10-13-28(41)42)17-27(23)47(6,7)32-24(29)16-25(35)31(30(32)36)45-46(43,44)34(37,38)39/h8-9,11-12,15-18H,10,13-14H2,1-7H3,(H,41,42)/b20-18-,40-26?. The Hall–Kier alpha value is -3.84. The second-order valence-corrected chi connectivity index (χ2v) is 19.0. The number of alkyl halides is 3. The molecule has 0 bridgehead atoms. The van der Waals surface area contributed by atoms with Crippen molar-refractivity contribution in [3.8, 4) is 5.75 Å². The Bertz CT molecular complexity index is 1910. The smallest absolute Gasteiger partial charge is 0.481 e. The van der Waals surface area contributed by atoms with Crippen LogP contribution in [-0.4, -0.2) is 45.3 Å². The number of nitrogens with zero attached hydrogens (tertiary/aromatic N) is 1. The number of allylic oxidation sites excluding steroid dienone is 7. The molecule has 6 nitrogen and oxygen atoms in total. The molecule has 0 fully saturated rings. The van der Waals surface area contributed by atoms with E-state index in [1.54, 1.807) is 37.4 Å². The number of aryl methyl sites for hydroxylation is 1. The maximum atomic E-state index is 16.5. The molecule has 0 atom stereocenters. The number of hydrogen-bond acceptors (Lipinski definition) is 5. The van der Waals surface area contributed by atoms with Crippen LogP contribution in [0.25, 0.3) is 5.57 Å². The largest absolute Gasteiger partial charge is 0.534 e. The van der Waals surface area contributed by atoms with Crippen molar-refractivity contribution in [3.05, 3.63) is 98.8 Å². The van der Waals surface area contributed by atoms with Crippen LogP contribution in [0.1, 0.15) is 57.2 Å². The van der Waals surface area contributed by atoms with Crippen LogP contribution in [0.4, 0.5) is 22.0 Å². The molecule has 47 heavy (non-hydrogen) atoms. The molecule has 2 aromatic carbocycles. The van der Waals surface area contributed by atoms with Crippen molar-refractivity contribution in [2.45, 2.75) is 66.1 Å². The lowest BCUT2D eigenvalue weighted by atomic mass is 9.83. The van der Waals surface area contributed by atoms with Crippen LogP contribution in [0.3, 0.4) is 0 Å². The van der Waals surface area contributed by atoms with Crippen LogP contribution >= 0.6 is 0 Å². The Morgan fingerprint density at radius 3 is 2.28 bits per heavy atom. The Morgan fingerprint density at radius 1 is 1.06 bits per heavy atom. The van der Waals surface area contributed by atoms with Gasteiger partial charge in [0.05, 0.1) is 5.71 Å². The van der Waals surface area contributed by atoms with E-state index in [0.717, 1.165) is 22.8 Å². The SMILES string of the molecule is C/C(=C/C(C)(C)C)C1=CC2=C(c3ccccc3C)c3cc(F)c(OS(=O)(=O)C(F)(F)F)c(F)c3[Si](C)(C)C2=CC1=NCCCC(=O)O. The van der Waals surface area contributed by atoms with Crippen molar-refractivity contribution >= 4 is 40.6 Å². The van der Waals surface area contributed by atoms with Gasteiger partial charge < -0.3 is 9.29 Å². The van der Waals surface area contributed by atoms with Crippen molar-refractivity contribution < 1.29 is 44.5 Å². The van der Waals surface area contributed by atoms with E-state index in [9.17, 15) is 26.4 Å². The third-order valence-corrected chi connectivity index (χ3v) is 12.4. The number of aliphatic imine (C=N–C) groups is 1. The summed E-state index contributed by atoms with van der Waals surface area (Å²) < 4.78 is 99.5. The van der Waals surface area contributed by atoms with Gasteiger partial charge in [0.25, 0.3) is 0 Å². The first-order valence-corrected chi connectivity index (χ1v) is 19.2. The highest BCUT2D eigenvalue weighted by molar-refractivity contribution is 7.88. The van der Waals surface area contributed by atoms with Crippen LogP contribution in [-0.2, 0) is 14.9 Å². The number of hydrogen-bond donors (Lipinski definition) is 1. The molecule has 0 unspecified atom stereocenters. The van der Waals surface area contributed by atoms with Gasteiger partial charge in [-0.3, -0.25) is 9.79 Å². The van der Waals surface area contributed by atoms with E-state index in [4.69, 9.17) is 10.1 Å². The molecule has 0 radical (unpaired) electrons. The number of fused-ring (bicyclic) bond motifs is 2. The van der Waals surface area contributed by atoms with Gasteiger partial charge in [0.2, 0.25) is 5.75 Å². The molecule has 2 aromatic rings. The average Bonchev–Trinajstić information content (AvgIpc) is 2.92. The van der Waals surface area contributed by atoms with Gasteiger partial charge in [0, 0.05) is 18.5 Å². The van der Waals surface area contributed by atoms with Gasteiger partial charge in [-0.15, -0.1) is 0 Å². The summed E-state index contributed by atoms with van der Waals surface area (Å²) >= 11 is 0. The molecule has 1 heterocycles. The predicted molar refractivity (Wildman–Crippen MR) is 175 cm³/mol. The lowest BCUT2D eigenvalue weighted by Crippen LogP contribution is -2.51. The van der Waals surface area contributed by atoms with E-state index in [0.29, 0.717) is 27.6 Å². The van der Waals surface area contributed by atoms with Crippen LogP contribution < -0.4 is 9.37 Å². The van der Waals surface area contributed by atoms with Crippen molar-refractivity contribution in [1.29, 1.82) is 0 Å². The summed E-state index contributed by atoms with van der Waals surface area (Å²) in [6, 6.07) is 7.99. The lowest BCUT2D eigenvalue weighted by molar-refractivity contribution is -0.137. The van der Waals surface area contributed by atoms with Crippen LogP contribution in [0, 0.1) is 24.0 Å².